The van der Waals surface area contributed by atoms with Gasteiger partial charge < -0.3 is 4.43 Å². The van der Waals surface area contributed by atoms with Gasteiger partial charge in [0.15, 0.2) is 8.32 Å². The van der Waals surface area contributed by atoms with E-state index >= 15 is 0 Å². The molecule has 0 heterocycles. The first-order valence-electron chi connectivity index (χ1n) is 6.07. The average molecular weight is 271 g/mol. The highest BCUT2D eigenvalue weighted by Crippen LogP contribution is 2.39. The molecule has 1 nitrogen and oxygen atoms in total. The maximum atomic E-state index is 6.32. The molecule has 0 aromatic heterocycles. The molecule has 1 atom stereocenters. The SMILES string of the molecule is CC(O[Si](C)(C)C(C)(C)C)c1cccc(Cl)c1. The molecule has 1 unspecified atom stereocenters. The van der Waals surface area contributed by atoms with Gasteiger partial charge in [-0.2, -0.15) is 0 Å². The fraction of sp³-hybridized carbons (Fsp3) is 0.571. The lowest BCUT2D eigenvalue weighted by Gasteiger charge is -2.38. The minimum atomic E-state index is -1.71. The third-order valence-electron chi connectivity index (χ3n) is 3.60. The summed E-state index contributed by atoms with van der Waals surface area (Å²) in [5, 5.41) is 1.01. The van der Waals surface area contributed by atoms with Crippen LogP contribution in [-0.4, -0.2) is 8.32 Å². The molecule has 0 spiro atoms. The summed E-state index contributed by atoms with van der Waals surface area (Å²) in [5.41, 5.74) is 1.15. The molecule has 0 saturated heterocycles. The Morgan fingerprint density at radius 1 is 1.24 bits per heavy atom. The molecule has 17 heavy (non-hydrogen) atoms. The molecule has 1 rings (SSSR count). The van der Waals surface area contributed by atoms with Gasteiger partial charge in [0.05, 0.1) is 6.10 Å². The molecule has 0 N–H and O–H groups in total. The Morgan fingerprint density at radius 3 is 2.29 bits per heavy atom. The van der Waals surface area contributed by atoms with E-state index in [1.807, 2.05) is 18.2 Å². The minimum Gasteiger partial charge on any atom is -0.410 e. The molecular weight excluding hydrogens is 248 g/mol. The molecule has 0 aliphatic heterocycles. The zero-order valence-electron chi connectivity index (χ0n) is 11.7. The number of halogens is 1. The smallest absolute Gasteiger partial charge is 0.192 e. The third-order valence-corrected chi connectivity index (χ3v) is 8.39. The lowest BCUT2D eigenvalue weighted by molar-refractivity contribution is 0.203. The van der Waals surface area contributed by atoms with E-state index in [0.29, 0.717) is 0 Å². The molecule has 96 valence electrons. The quantitative estimate of drug-likeness (QED) is 0.666. The summed E-state index contributed by atoms with van der Waals surface area (Å²) in [6, 6.07) is 7.93. The van der Waals surface area contributed by atoms with Crippen LogP contribution in [0.4, 0.5) is 0 Å². The maximum Gasteiger partial charge on any atom is 0.192 e. The fourth-order valence-electron chi connectivity index (χ4n) is 1.45. The normalized spacial score (nSPS) is 14.8. The topological polar surface area (TPSA) is 9.23 Å². The van der Waals surface area contributed by atoms with Crippen molar-refractivity contribution in [1.29, 1.82) is 0 Å². The molecule has 0 bridgehead atoms. The Labute approximate surface area is 111 Å². The average Bonchev–Trinajstić information content (AvgIpc) is 2.15. The Balaban J connectivity index is 2.83. The van der Waals surface area contributed by atoms with E-state index in [-0.39, 0.29) is 11.1 Å². The van der Waals surface area contributed by atoms with E-state index < -0.39 is 8.32 Å². The largest absolute Gasteiger partial charge is 0.410 e. The number of hydrogen-bond acceptors (Lipinski definition) is 1. The molecule has 0 fully saturated rings. The molecule has 1 aromatic carbocycles. The summed E-state index contributed by atoms with van der Waals surface area (Å²) >= 11 is 6.01. The molecule has 0 saturated carbocycles. The highest BCUT2D eigenvalue weighted by molar-refractivity contribution is 6.74. The molecular formula is C14H23ClOSi. The monoisotopic (exact) mass is 270 g/mol. The van der Waals surface area contributed by atoms with Crippen LogP contribution in [0, 0.1) is 0 Å². The predicted octanol–water partition coefficient (Wildman–Crippen LogP) is 5.42. The highest BCUT2D eigenvalue weighted by atomic mass is 35.5. The second-order valence-electron chi connectivity index (χ2n) is 6.08. The first-order valence-corrected chi connectivity index (χ1v) is 9.35. The second-order valence-corrected chi connectivity index (χ2v) is 11.3. The zero-order chi connectivity index (χ0) is 13.3. The van der Waals surface area contributed by atoms with Crippen molar-refractivity contribution >= 4 is 19.9 Å². The van der Waals surface area contributed by atoms with Crippen molar-refractivity contribution in [2.75, 3.05) is 0 Å². The summed E-state index contributed by atoms with van der Waals surface area (Å²) in [6.45, 7) is 13.4. The van der Waals surface area contributed by atoms with Gasteiger partial charge in [-0.05, 0) is 42.8 Å². The lowest BCUT2D eigenvalue weighted by atomic mass is 10.1. The van der Waals surface area contributed by atoms with Crippen molar-refractivity contribution in [2.24, 2.45) is 0 Å². The van der Waals surface area contributed by atoms with Gasteiger partial charge in [0, 0.05) is 5.02 Å². The van der Waals surface area contributed by atoms with Crippen LogP contribution in [0.25, 0.3) is 0 Å². The summed E-state index contributed by atoms with van der Waals surface area (Å²) in [4.78, 5) is 0. The van der Waals surface area contributed by atoms with Crippen LogP contribution < -0.4 is 0 Å². The van der Waals surface area contributed by atoms with Crippen LogP contribution in [0.5, 0.6) is 0 Å². The summed E-state index contributed by atoms with van der Waals surface area (Å²) in [7, 11) is -1.71. The van der Waals surface area contributed by atoms with Gasteiger partial charge in [-0.25, -0.2) is 0 Å². The molecule has 0 aliphatic carbocycles. The molecule has 0 aliphatic rings. The third kappa shape index (κ3) is 3.83. The highest BCUT2D eigenvalue weighted by Gasteiger charge is 2.38. The van der Waals surface area contributed by atoms with Crippen LogP contribution in [0.2, 0.25) is 23.2 Å². The van der Waals surface area contributed by atoms with Crippen molar-refractivity contribution in [3.05, 3.63) is 34.9 Å². The zero-order valence-corrected chi connectivity index (χ0v) is 13.4. The lowest BCUT2D eigenvalue weighted by Crippen LogP contribution is -2.41. The van der Waals surface area contributed by atoms with Gasteiger partial charge in [0.25, 0.3) is 0 Å². The Morgan fingerprint density at radius 2 is 1.82 bits per heavy atom. The summed E-state index contributed by atoms with van der Waals surface area (Å²) in [6.07, 6.45) is 0.106. The van der Waals surface area contributed by atoms with E-state index in [1.165, 1.54) is 0 Å². The van der Waals surface area contributed by atoms with Crippen molar-refractivity contribution in [2.45, 2.75) is 51.9 Å². The van der Waals surface area contributed by atoms with Crippen LogP contribution in [0.1, 0.15) is 39.4 Å². The predicted molar refractivity (Wildman–Crippen MR) is 78.1 cm³/mol. The maximum absolute atomic E-state index is 6.32. The van der Waals surface area contributed by atoms with Crippen molar-refractivity contribution in [3.8, 4) is 0 Å². The number of rotatable bonds is 3. The van der Waals surface area contributed by atoms with Crippen LogP contribution in [0.3, 0.4) is 0 Å². The van der Waals surface area contributed by atoms with E-state index in [2.05, 4.69) is 46.9 Å². The van der Waals surface area contributed by atoms with Crippen molar-refractivity contribution in [1.82, 2.24) is 0 Å². The van der Waals surface area contributed by atoms with Gasteiger partial charge >= 0.3 is 0 Å². The van der Waals surface area contributed by atoms with Gasteiger partial charge in [-0.1, -0.05) is 44.5 Å². The second kappa shape index (κ2) is 5.13. The van der Waals surface area contributed by atoms with E-state index in [1.54, 1.807) is 0 Å². The van der Waals surface area contributed by atoms with E-state index in [0.717, 1.165) is 10.6 Å². The minimum absolute atomic E-state index is 0.106. The molecule has 3 heteroatoms. The summed E-state index contributed by atoms with van der Waals surface area (Å²) < 4.78 is 6.32. The summed E-state index contributed by atoms with van der Waals surface area (Å²) in [5.74, 6) is 0. The van der Waals surface area contributed by atoms with Gasteiger partial charge in [-0.15, -0.1) is 0 Å². The standard InChI is InChI=1S/C14H23ClOSi/c1-11(12-8-7-9-13(15)10-12)16-17(5,6)14(2,3)4/h7-11H,1-6H3. The Kier molecular flexibility index (Phi) is 4.45. The first-order chi connectivity index (χ1) is 7.63. The number of benzene rings is 1. The van der Waals surface area contributed by atoms with Crippen LogP contribution >= 0.6 is 11.6 Å². The molecule has 1 aromatic rings. The number of hydrogen-bond donors (Lipinski definition) is 0. The first kappa shape index (κ1) is 14.7. The van der Waals surface area contributed by atoms with Crippen LogP contribution in [-0.2, 0) is 4.43 Å². The van der Waals surface area contributed by atoms with E-state index in [4.69, 9.17) is 16.0 Å². The fourth-order valence-corrected chi connectivity index (χ4v) is 3.02. The van der Waals surface area contributed by atoms with Crippen LogP contribution in [0.15, 0.2) is 24.3 Å². The Hall–Kier alpha value is -0.313. The molecule has 0 amide bonds. The Bertz CT molecular complexity index is 382. The molecule has 0 radical (unpaired) electrons. The van der Waals surface area contributed by atoms with Gasteiger partial charge in [-0.3, -0.25) is 0 Å². The van der Waals surface area contributed by atoms with Gasteiger partial charge in [0.1, 0.15) is 0 Å². The van der Waals surface area contributed by atoms with Gasteiger partial charge in [0.2, 0.25) is 0 Å². The van der Waals surface area contributed by atoms with E-state index in [9.17, 15) is 0 Å². The van der Waals surface area contributed by atoms with Crippen molar-refractivity contribution < 1.29 is 4.43 Å². The van der Waals surface area contributed by atoms with Crippen molar-refractivity contribution in [3.63, 3.8) is 0 Å².